The minimum atomic E-state index is -0.479. The predicted octanol–water partition coefficient (Wildman–Crippen LogP) is 2.58. The minimum Gasteiger partial charge on any atom is -0.495 e. The summed E-state index contributed by atoms with van der Waals surface area (Å²) in [6.45, 7) is 4.90. The molecule has 0 spiro atoms. The maximum atomic E-state index is 13.0. The van der Waals surface area contributed by atoms with Crippen molar-refractivity contribution in [2.24, 2.45) is 5.92 Å². The molecule has 3 rings (SSSR count). The van der Waals surface area contributed by atoms with E-state index < -0.39 is 5.92 Å². The number of carbonyl (C=O) groups excluding carboxylic acids is 3. The van der Waals surface area contributed by atoms with Gasteiger partial charge in [-0.2, -0.15) is 0 Å². The lowest BCUT2D eigenvalue weighted by Crippen LogP contribution is -2.43. The van der Waals surface area contributed by atoms with Crippen molar-refractivity contribution in [1.82, 2.24) is 10.2 Å². The summed E-state index contributed by atoms with van der Waals surface area (Å²) >= 11 is 1.57. The maximum Gasteiger partial charge on any atom is 0.239 e. The van der Waals surface area contributed by atoms with Gasteiger partial charge in [-0.05, 0) is 43.0 Å². The second-order valence-corrected chi connectivity index (χ2v) is 8.32. The van der Waals surface area contributed by atoms with Gasteiger partial charge in [-0.15, -0.1) is 11.3 Å². The number of thiophene rings is 1. The molecule has 1 aliphatic heterocycles. The average molecular weight is 430 g/mol. The molecule has 7 nitrogen and oxygen atoms in total. The first kappa shape index (κ1) is 21.8. The van der Waals surface area contributed by atoms with E-state index in [1.54, 1.807) is 23.3 Å². The number of hydrogen-bond donors (Lipinski definition) is 1. The molecule has 1 N–H and O–H groups in total. The van der Waals surface area contributed by atoms with Gasteiger partial charge in [0.05, 0.1) is 31.8 Å². The van der Waals surface area contributed by atoms with Gasteiger partial charge < -0.3 is 19.9 Å². The van der Waals surface area contributed by atoms with Gasteiger partial charge in [-0.3, -0.25) is 14.4 Å². The highest BCUT2D eigenvalue weighted by Crippen LogP contribution is 2.34. The lowest BCUT2D eigenvalue weighted by Gasteiger charge is -2.24. The molecule has 30 heavy (non-hydrogen) atoms. The van der Waals surface area contributed by atoms with E-state index in [9.17, 15) is 14.4 Å². The second-order valence-electron chi connectivity index (χ2n) is 7.29. The van der Waals surface area contributed by atoms with Gasteiger partial charge in [0.25, 0.3) is 0 Å². The average Bonchev–Trinajstić information content (AvgIpc) is 3.39. The Hall–Kier alpha value is -2.87. The number of methoxy groups -OCH3 is 1. The Bertz CT molecular complexity index is 913. The van der Waals surface area contributed by atoms with Crippen LogP contribution in [0.5, 0.6) is 5.75 Å². The molecule has 0 bridgehead atoms. The van der Waals surface area contributed by atoms with Crippen LogP contribution in [0.15, 0.2) is 35.7 Å². The van der Waals surface area contributed by atoms with Gasteiger partial charge in [-0.25, -0.2) is 0 Å². The number of likely N-dealkylation sites (N-methyl/N-ethyl adjacent to an activating group) is 1. The molecule has 1 aliphatic rings. The molecule has 2 aromatic rings. The molecule has 1 atom stereocenters. The zero-order valence-electron chi connectivity index (χ0n) is 17.5. The van der Waals surface area contributed by atoms with Crippen molar-refractivity contribution in [3.8, 4) is 5.75 Å². The van der Waals surface area contributed by atoms with Crippen LogP contribution in [-0.4, -0.2) is 49.4 Å². The number of benzene rings is 1. The highest BCUT2D eigenvalue weighted by molar-refractivity contribution is 7.09. The standard InChI is InChI=1S/C22H27N3O4S/c1-4-24(14-20(26)23-12-17-6-5-9-30-17)22(28)16-11-21(27)25(13-16)18-10-15(2)7-8-19(18)29-3/h5-10,16H,4,11-14H2,1-3H3,(H,23,26)/t16-/m1/s1. The summed E-state index contributed by atoms with van der Waals surface area (Å²) in [6, 6.07) is 9.51. The normalized spacial score (nSPS) is 15.9. The van der Waals surface area contributed by atoms with E-state index in [4.69, 9.17) is 4.74 Å². The van der Waals surface area contributed by atoms with E-state index >= 15 is 0 Å². The molecule has 160 valence electrons. The molecule has 0 unspecified atom stereocenters. The van der Waals surface area contributed by atoms with Crippen molar-refractivity contribution in [1.29, 1.82) is 0 Å². The molecule has 0 saturated carbocycles. The van der Waals surface area contributed by atoms with Gasteiger partial charge in [0.1, 0.15) is 5.75 Å². The third-order valence-corrected chi connectivity index (χ3v) is 6.04. The van der Waals surface area contributed by atoms with Gasteiger partial charge in [0, 0.05) is 24.4 Å². The molecule has 1 aromatic carbocycles. The van der Waals surface area contributed by atoms with Crippen LogP contribution in [0.1, 0.15) is 23.8 Å². The molecule has 0 radical (unpaired) electrons. The summed E-state index contributed by atoms with van der Waals surface area (Å²) in [6.07, 6.45) is 0.128. The fraction of sp³-hybridized carbons (Fsp3) is 0.409. The monoisotopic (exact) mass is 429 g/mol. The third kappa shape index (κ3) is 4.99. The van der Waals surface area contributed by atoms with E-state index in [0.717, 1.165) is 10.4 Å². The van der Waals surface area contributed by atoms with E-state index in [2.05, 4.69) is 5.32 Å². The van der Waals surface area contributed by atoms with Crippen LogP contribution in [-0.2, 0) is 20.9 Å². The third-order valence-electron chi connectivity index (χ3n) is 5.17. The first-order chi connectivity index (χ1) is 14.4. The van der Waals surface area contributed by atoms with E-state index in [-0.39, 0.29) is 37.2 Å². The lowest BCUT2D eigenvalue weighted by molar-refractivity contribution is -0.139. The van der Waals surface area contributed by atoms with E-state index in [1.165, 1.54) is 4.90 Å². The number of carbonyl (C=O) groups is 3. The quantitative estimate of drug-likeness (QED) is 0.700. The fourth-order valence-electron chi connectivity index (χ4n) is 3.55. The van der Waals surface area contributed by atoms with Crippen LogP contribution in [0, 0.1) is 12.8 Å². The largest absolute Gasteiger partial charge is 0.495 e. The van der Waals surface area contributed by atoms with Crippen molar-refractivity contribution in [2.75, 3.05) is 31.6 Å². The van der Waals surface area contributed by atoms with Crippen LogP contribution in [0.3, 0.4) is 0 Å². The number of ether oxygens (including phenoxy) is 1. The summed E-state index contributed by atoms with van der Waals surface area (Å²) in [5.74, 6) is -0.378. The van der Waals surface area contributed by atoms with Crippen molar-refractivity contribution in [3.63, 3.8) is 0 Å². The van der Waals surface area contributed by atoms with Crippen molar-refractivity contribution in [3.05, 3.63) is 46.2 Å². The number of hydrogen-bond acceptors (Lipinski definition) is 5. The molecule has 2 heterocycles. The number of aryl methyl sites for hydroxylation is 1. The predicted molar refractivity (Wildman–Crippen MR) is 117 cm³/mol. The molecule has 1 saturated heterocycles. The lowest BCUT2D eigenvalue weighted by atomic mass is 10.1. The van der Waals surface area contributed by atoms with E-state index in [1.807, 2.05) is 49.6 Å². The summed E-state index contributed by atoms with van der Waals surface area (Å²) in [5.41, 5.74) is 1.68. The molecule has 3 amide bonds. The topological polar surface area (TPSA) is 79.0 Å². The Kier molecular flexibility index (Phi) is 7.10. The number of rotatable bonds is 8. The van der Waals surface area contributed by atoms with Crippen LogP contribution in [0.4, 0.5) is 5.69 Å². The number of nitrogens with zero attached hydrogens (tertiary/aromatic N) is 2. The summed E-state index contributed by atoms with van der Waals surface area (Å²) in [4.78, 5) is 42.2. The van der Waals surface area contributed by atoms with Crippen LogP contribution < -0.4 is 15.0 Å². The summed E-state index contributed by atoms with van der Waals surface area (Å²) < 4.78 is 5.39. The molecule has 8 heteroatoms. The highest BCUT2D eigenvalue weighted by atomic mass is 32.1. The summed E-state index contributed by atoms with van der Waals surface area (Å²) in [5, 5.41) is 4.80. The van der Waals surface area contributed by atoms with Crippen LogP contribution >= 0.6 is 11.3 Å². The van der Waals surface area contributed by atoms with Gasteiger partial charge in [0.2, 0.25) is 17.7 Å². The smallest absolute Gasteiger partial charge is 0.239 e. The van der Waals surface area contributed by atoms with Crippen molar-refractivity contribution >= 4 is 34.7 Å². The zero-order valence-corrected chi connectivity index (χ0v) is 18.3. The van der Waals surface area contributed by atoms with Gasteiger partial charge >= 0.3 is 0 Å². The zero-order chi connectivity index (χ0) is 21.7. The fourth-order valence-corrected chi connectivity index (χ4v) is 4.19. The molecule has 1 aromatic heterocycles. The maximum absolute atomic E-state index is 13.0. The second kappa shape index (κ2) is 9.75. The number of amides is 3. The molecule has 1 fully saturated rings. The first-order valence-electron chi connectivity index (χ1n) is 9.95. The van der Waals surface area contributed by atoms with Crippen molar-refractivity contribution < 1.29 is 19.1 Å². The Morgan fingerprint density at radius 3 is 2.80 bits per heavy atom. The Morgan fingerprint density at radius 1 is 1.33 bits per heavy atom. The van der Waals surface area contributed by atoms with Crippen molar-refractivity contribution in [2.45, 2.75) is 26.8 Å². The van der Waals surface area contributed by atoms with E-state index in [0.29, 0.717) is 24.5 Å². The Balaban J connectivity index is 1.63. The Labute approximate surface area is 180 Å². The minimum absolute atomic E-state index is 0.0147. The molecular formula is C22H27N3O4S. The molecular weight excluding hydrogens is 402 g/mol. The highest BCUT2D eigenvalue weighted by Gasteiger charge is 2.38. The van der Waals surface area contributed by atoms with Gasteiger partial charge in [-0.1, -0.05) is 12.1 Å². The van der Waals surface area contributed by atoms with Gasteiger partial charge in [0.15, 0.2) is 0 Å². The van der Waals surface area contributed by atoms with Crippen LogP contribution in [0.25, 0.3) is 0 Å². The Morgan fingerprint density at radius 2 is 2.13 bits per heavy atom. The SMILES string of the molecule is CCN(CC(=O)NCc1cccs1)C(=O)[C@@H]1CC(=O)N(c2cc(C)ccc2OC)C1. The first-order valence-corrected chi connectivity index (χ1v) is 10.8. The summed E-state index contributed by atoms with van der Waals surface area (Å²) in [7, 11) is 1.56. The van der Waals surface area contributed by atoms with Crippen LogP contribution in [0.2, 0.25) is 0 Å². The number of anilines is 1. The molecule has 0 aliphatic carbocycles. The number of nitrogens with one attached hydrogen (secondary N) is 1.